The second kappa shape index (κ2) is 7.08. The fourth-order valence-corrected chi connectivity index (χ4v) is 2.64. The second-order valence-electron chi connectivity index (χ2n) is 6.85. The monoisotopic (exact) mass is 337 g/mol. The molecule has 2 heterocycles. The van der Waals surface area contributed by atoms with E-state index in [9.17, 15) is 4.79 Å². The Morgan fingerprint density at radius 1 is 1.35 bits per heavy atom. The van der Waals surface area contributed by atoms with E-state index in [2.05, 4.69) is 60.6 Å². The molecule has 0 atom stereocenters. The van der Waals surface area contributed by atoms with Crippen molar-refractivity contribution < 1.29 is 9.32 Å². The Bertz CT molecular complexity index is 657. The summed E-state index contributed by atoms with van der Waals surface area (Å²) in [6.45, 7) is 10.7. The molecule has 2 aromatic heterocycles. The first kappa shape index (κ1) is 17.4. The molecule has 2 amide bonds. The van der Waals surface area contributed by atoms with Crippen molar-refractivity contribution >= 4 is 22.5 Å². The summed E-state index contributed by atoms with van der Waals surface area (Å²) < 4.78 is 5.20. The summed E-state index contributed by atoms with van der Waals surface area (Å²) in [5, 5.41) is 18.8. The Balaban J connectivity index is 1.83. The number of rotatable bonds is 5. The maximum absolute atomic E-state index is 11.9. The van der Waals surface area contributed by atoms with Crippen LogP contribution in [0.25, 0.3) is 0 Å². The summed E-state index contributed by atoms with van der Waals surface area (Å²) in [6, 6.07) is 1.52. The quantitative estimate of drug-likeness (QED) is 0.873. The number of carbonyl (C=O) groups is 1. The molecule has 2 rings (SSSR count). The first-order chi connectivity index (χ1) is 10.7. The smallest absolute Gasteiger partial charge is 0.321 e. The molecule has 0 spiro atoms. The third-order valence-corrected chi connectivity index (χ3v) is 4.20. The standard InChI is InChI=1S/C15H23N5O2S/c1-9(2)6-10-7-11(22-20-10)8-16-13(21)17-14-19-18-12(23-14)15(3,4)5/h7,9H,6,8H2,1-5H3,(H2,16,17,19,21). The molecule has 0 aliphatic heterocycles. The molecule has 7 nitrogen and oxygen atoms in total. The van der Waals surface area contributed by atoms with Crippen LogP contribution in [0.4, 0.5) is 9.93 Å². The summed E-state index contributed by atoms with van der Waals surface area (Å²) in [5.74, 6) is 1.14. The molecular weight excluding hydrogens is 314 g/mol. The zero-order valence-electron chi connectivity index (χ0n) is 14.1. The van der Waals surface area contributed by atoms with Gasteiger partial charge in [-0.2, -0.15) is 0 Å². The van der Waals surface area contributed by atoms with Crippen molar-refractivity contribution in [1.29, 1.82) is 0 Å². The minimum atomic E-state index is -0.344. The molecule has 0 unspecified atom stereocenters. The molecule has 23 heavy (non-hydrogen) atoms. The van der Waals surface area contributed by atoms with Gasteiger partial charge < -0.3 is 9.84 Å². The van der Waals surface area contributed by atoms with Crippen LogP contribution >= 0.6 is 11.3 Å². The van der Waals surface area contributed by atoms with E-state index in [1.54, 1.807) is 0 Å². The van der Waals surface area contributed by atoms with Crippen molar-refractivity contribution in [3.05, 3.63) is 22.5 Å². The largest absolute Gasteiger partial charge is 0.359 e. The highest BCUT2D eigenvalue weighted by molar-refractivity contribution is 7.15. The van der Waals surface area contributed by atoms with Gasteiger partial charge in [0.15, 0.2) is 5.76 Å². The zero-order valence-corrected chi connectivity index (χ0v) is 15.0. The van der Waals surface area contributed by atoms with Gasteiger partial charge in [-0.1, -0.05) is 51.1 Å². The SMILES string of the molecule is CC(C)Cc1cc(CNC(=O)Nc2nnc(C(C)(C)C)s2)on1. The third-order valence-electron chi connectivity index (χ3n) is 2.94. The van der Waals surface area contributed by atoms with E-state index >= 15 is 0 Å². The van der Waals surface area contributed by atoms with Crippen LogP contribution in [0.5, 0.6) is 0 Å². The number of hydrogen-bond donors (Lipinski definition) is 2. The summed E-state index contributed by atoms with van der Waals surface area (Å²) in [4.78, 5) is 11.9. The van der Waals surface area contributed by atoms with Gasteiger partial charge in [0, 0.05) is 11.5 Å². The Morgan fingerprint density at radius 2 is 2.09 bits per heavy atom. The summed E-state index contributed by atoms with van der Waals surface area (Å²) in [5.41, 5.74) is 0.817. The van der Waals surface area contributed by atoms with Crippen LogP contribution in [0, 0.1) is 5.92 Å². The van der Waals surface area contributed by atoms with E-state index in [0.29, 0.717) is 16.8 Å². The second-order valence-corrected chi connectivity index (χ2v) is 7.83. The van der Waals surface area contributed by atoms with Crippen LogP contribution in [0.1, 0.15) is 51.1 Å². The summed E-state index contributed by atoms with van der Waals surface area (Å²) in [6.07, 6.45) is 0.857. The lowest BCUT2D eigenvalue weighted by Gasteiger charge is -2.12. The van der Waals surface area contributed by atoms with Crippen molar-refractivity contribution in [2.24, 2.45) is 5.92 Å². The number of nitrogens with zero attached hydrogens (tertiary/aromatic N) is 3. The van der Waals surface area contributed by atoms with Crippen molar-refractivity contribution in [2.45, 2.75) is 53.0 Å². The summed E-state index contributed by atoms with van der Waals surface area (Å²) in [7, 11) is 0. The molecule has 0 saturated carbocycles. The highest BCUT2D eigenvalue weighted by Crippen LogP contribution is 2.27. The normalized spacial score (nSPS) is 11.7. The minimum Gasteiger partial charge on any atom is -0.359 e. The Hall–Kier alpha value is -1.96. The van der Waals surface area contributed by atoms with Gasteiger partial charge in [-0.3, -0.25) is 5.32 Å². The molecule has 0 aromatic carbocycles. The van der Waals surface area contributed by atoms with Gasteiger partial charge in [0.1, 0.15) is 5.01 Å². The molecule has 0 aliphatic carbocycles. The van der Waals surface area contributed by atoms with Gasteiger partial charge in [-0.15, -0.1) is 10.2 Å². The number of urea groups is 1. The van der Waals surface area contributed by atoms with E-state index in [1.165, 1.54) is 11.3 Å². The number of amides is 2. The number of aromatic nitrogens is 3. The topological polar surface area (TPSA) is 92.9 Å². The highest BCUT2D eigenvalue weighted by atomic mass is 32.1. The van der Waals surface area contributed by atoms with E-state index in [4.69, 9.17) is 4.52 Å². The van der Waals surface area contributed by atoms with Crippen LogP contribution in [0.2, 0.25) is 0 Å². The molecule has 8 heteroatoms. The number of anilines is 1. The fraction of sp³-hybridized carbons (Fsp3) is 0.600. The van der Waals surface area contributed by atoms with Gasteiger partial charge in [-0.05, 0) is 12.3 Å². The van der Waals surface area contributed by atoms with Gasteiger partial charge in [0.05, 0.1) is 12.2 Å². The lowest BCUT2D eigenvalue weighted by molar-refractivity contribution is 0.250. The first-order valence-electron chi connectivity index (χ1n) is 7.57. The van der Waals surface area contributed by atoms with Gasteiger partial charge in [0.2, 0.25) is 5.13 Å². The maximum atomic E-state index is 11.9. The van der Waals surface area contributed by atoms with E-state index in [1.807, 2.05) is 6.07 Å². The molecule has 0 radical (unpaired) electrons. The predicted octanol–water partition coefficient (Wildman–Crippen LogP) is 3.34. The lowest BCUT2D eigenvalue weighted by atomic mass is 9.98. The average molecular weight is 337 g/mol. The van der Waals surface area contributed by atoms with Crippen molar-refractivity contribution in [2.75, 3.05) is 5.32 Å². The number of carbonyl (C=O) groups excluding carboxylic acids is 1. The molecule has 2 aromatic rings. The van der Waals surface area contributed by atoms with E-state index in [0.717, 1.165) is 17.1 Å². The Morgan fingerprint density at radius 3 is 2.70 bits per heavy atom. The maximum Gasteiger partial charge on any atom is 0.321 e. The Kier molecular flexibility index (Phi) is 5.35. The van der Waals surface area contributed by atoms with Crippen LogP contribution in [-0.4, -0.2) is 21.4 Å². The van der Waals surface area contributed by atoms with Crippen LogP contribution in [0.3, 0.4) is 0 Å². The zero-order chi connectivity index (χ0) is 17.0. The molecule has 0 aliphatic rings. The van der Waals surface area contributed by atoms with Crippen LogP contribution in [0.15, 0.2) is 10.6 Å². The summed E-state index contributed by atoms with van der Waals surface area (Å²) >= 11 is 1.37. The molecule has 0 saturated heterocycles. The minimum absolute atomic E-state index is 0.0826. The Labute approximate surface area is 139 Å². The van der Waals surface area contributed by atoms with Crippen LogP contribution < -0.4 is 10.6 Å². The van der Waals surface area contributed by atoms with Crippen molar-refractivity contribution in [3.8, 4) is 0 Å². The van der Waals surface area contributed by atoms with Crippen molar-refractivity contribution in [1.82, 2.24) is 20.7 Å². The van der Waals surface area contributed by atoms with Crippen LogP contribution in [-0.2, 0) is 18.4 Å². The molecule has 126 valence electrons. The average Bonchev–Trinajstić information content (AvgIpc) is 3.04. The van der Waals surface area contributed by atoms with E-state index < -0.39 is 0 Å². The first-order valence-corrected chi connectivity index (χ1v) is 8.39. The van der Waals surface area contributed by atoms with E-state index in [-0.39, 0.29) is 18.0 Å². The fourth-order valence-electron chi connectivity index (χ4n) is 1.84. The molecular formula is C15H23N5O2S. The predicted molar refractivity (Wildman–Crippen MR) is 89.5 cm³/mol. The van der Waals surface area contributed by atoms with Gasteiger partial charge >= 0.3 is 6.03 Å². The van der Waals surface area contributed by atoms with Crippen molar-refractivity contribution in [3.63, 3.8) is 0 Å². The highest BCUT2D eigenvalue weighted by Gasteiger charge is 2.20. The molecule has 0 fully saturated rings. The molecule has 2 N–H and O–H groups in total. The number of hydrogen-bond acceptors (Lipinski definition) is 6. The van der Waals surface area contributed by atoms with Gasteiger partial charge in [-0.25, -0.2) is 4.79 Å². The molecule has 0 bridgehead atoms. The third kappa shape index (κ3) is 5.31. The van der Waals surface area contributed by atoms with Gasteiger partial charge in [0.25, 0.3) is 0 Å². The lowest BCUT2D eigenvalue weighted by Crippen LogP contribution is -2.27. The number of nitrogens with one attached hydrogen (secondary N) is 2.